The van der Waals surface area contributed by atoms with E-state index in [1.807, 2.05) is 35.0 Å². The Bertz CT molecular complexity index is 1750. The number of ether oxygens (including phenoxy) is 2. The maximum atomic E-state index is 13.1. The fraction of sp³-hybridized carbons (Fsp3) is 0.276. The molecule has 5 aromatic rings. The fourth-order valence-corrected chi connectivity index (χ4v) is 5.10. The third kappa shape index (κ3) is 5.81. The number of fused-ring (bicyclic) bond motifs is 2. The molecule has 1 amide bonds. The number of nitrogens with two attached hydrogens (primary N) is 2. The number of benzene rings is 2. The van der Waals surface area contributed by atoms with Crippen LogP contribution in [0.25, 0.3) is 33.2 Å². The largest absolute Gasteiger partial charge is 0.550 e. The van der Waals surface area contributed by atoms with Crippen LogP contribution in [0.3, 0.4) is 0 Å². The topological polar surface area (TPSA) is 190 Å². The van der Waals surface area contributed by atoms with Gasteiger partial charge in [-0.15, -0.1) is 0 Å². The van der Waals surface area contributed by atoms with Gasteiger partial charge < -0.3 is 40.7 Å². The summed E-state index contributed by atoms with van der Waals surface area (Å²) in [5.74, 6) is 0.237. The number of aromatic nitrogens is 5. The number of aliphatic carboxylic acids is 1. The van der Waals surface area contributed by atoms with Gasteiger partial charge in [-0.2, -0.15) is 5.10 Å². The van der Waals surface area contributed by atoms with Crippen molar-refractivity contribution < 1.29 is 29.5 Å². The maximum absolute atomic E-state index is 13.1. The molecular formula is C29H32N8O5. The number of nitrogens with zero attached hydrogens (tertiary/aromatic N) is 4. The molecule has 218 valence electrons. The van der Waals surface area contributed by atoms with Crippen molar-refractivity contribution in [3.05, 3.63) is 54.5 Å². The van der Waals surface area contributed by atoms with Crippen molar-refractivity contribution in [3.8, 4) is 22.8 Å². The first-order valence-corrected chi connectivity index (χ1v) is 13.4. The zero-order valence-corrected chi connectivity index (χ0v) is 23.5. The molecule has 1 saturated heterocycles. The lowest BCUT2D eigenvalue weighted by atomic mass is 10.1. The number of carbonyl (C=O) groups excluding carboxylic acids is 2. The van der Waals surface area contributed by atoms with E-state index in [-0.39, 0.29) is 11.9 Å². The van der Waals surface area contributed by atoms with Crippen molar-refractivity contribution in [3.63, 3.8) is 0 Å². The fourth-order valence-electron chi connectivity index (χ4n) is 5.10. The number of carbonyl (C=O) groups is 2. The first kappa shape index (κ1) is 28.4. The molecule has 6 N–H and O–H groups in total. The SMILES string of the molecule is CC(=O)[O-].COc1ccc2[nH]c(C(=O)Nc3ccc(-c4nn(C5CC[NH2+]CC5)c5ncnc(N)c45)cc3OC)cc2c1. The summed E-state index contributed by atoms with van der Waals surface area (Å²) in [7, 11) is 3.18. The summed E-state index contributed by atoms with van der Waals surface area (Å²) < 4.78 is 12.9. The van der Waals surface area contributed by atoms with Crippen molar-refractivity contribution in [1.29, 1.82) is 0 Å². The standard InChI is InChI=1S/C27H28N8O3.C2H4O2/c1-37-18-4-6-19-16(11-18)12-21(32-19)27(36)33-20-5-3-15(13-22(20)38-2)24-23-25(28)30-14-31-26(23)35(34-24)17-7-9-29-10-8-17;1-2(3)4/h3-6,11-14,17,29,32H,7-10H2,1-2H3,(H,33,36)(H2,28,30,31);1H3,(H,3,4). The van der Waals surface area contributed by atoms with E-state index in [0.717, 1.165) is 66.1 Å². The number of quaternary nitrogens is 1. The van der Waals surface area contributed by atoms with Gasteiger partial charge in [0.25, 0.3) is 5.91 Å². The van der Waals surface area contributed by atoms with Crippen molar-refractivity contribution in [1.82, 2.24) is 24.7 Å². The molecule has 13 nitrogen and oxygen atoms in total. The average molecular weight is 573 g/mol. The maximum Gasteiger partial charge on any atom is 0.272 e. The second kappa shape index (κ2) is 12.1. The molecule has 1 fully saturated rings. The monoisotopic (exact) mass is 572 g/mol. The van der Waals surface area contributed by atoms with E-state index >= 15 is 0 Å². The minimum absolute atomic E-state index is 0.252. The molecule has 0 bridgehead atoms. The number of carboxylic acid groups (broad SMARTS) is 1. The summed E-state index contributed by atoms with van der Waals surface area (Å²) in [6.45, 7) is 3.07. The molecule has 4 heterocycles. The molecule has 0 spiro atoms. The van der Waals surface area contributed by atoms with Crippen LogP contribution in [0.1, 0.15) is 36.3 Å². The number of amides is 1. The van der Waals surface area contributed by atoms with Gasteiger partial charge >= 0.3 is 0 Å². The van der Waals surface area contributed by atoms with Crippen LogP contribution in [0.15, 0.2) is 48.8 Å². The second-order valence-corrected chi connectivity index (χ2v) is 9.84. The van der Waals surface area contributed by atoms with E-state index < -0.39 is 5.97 Å². The van der Waals surface area contributed by atoms with Gasteiger partial charge in [0.05, 0.1) is 44.4 Å². The Morgan fingerprint density at radius 1 is 1.10 bits per heavy atom. The van der Waals surface area contributed by atoms with Gasteiger partial charge in [0, 0.05) is 35.3 Å². The Morgan fingerprint density at radius 2 is 1.86 bits per heavy atom. The molecular weight excluding hydrogens is 540 g/mol. The summed E-state index contributed by atoms with van der Waals surface area (Å²) in [6.07, 6.45) is 3.50. The van der Waals surface area contributed by atoms with Crippen LogP contribution in [0.5, 0.6) is 11.5 Å². The summed E-state index contributed by atoms with van der Waals surface area (Å²) in [5, 5.41) is 20.7. The van der Waals surface area contributed by atoms with Crippen molar-refractivity contribution in [2.45, 2.75) is 25.8 Å². The second-order valence-electron chi connectivity index (χ2n) is 9.84. The Hall–Kier alpha value is -5.17. The highest BCUT2D eigenvalue weighted by Crippen LogP contribution is 2.37. The number of hydrogen-bond acceptors (Lipinski definition) is 9. The van der Waals surface area contributed by atoms with Gasteiger partial charge in [0.15, 0.2) is 5.65 Å². The minimum atomic E-state index is -1.08. The molecule has 0 aliphatic carbocycles. The molecule has 42 heavy (non-hydrogen) atoms. The Balaban J connectivity index is 0.000000830. The molecule has 3 aromatic heterocycles. The van der Waals surface area contributed by atoms with Gasteiger partial charge in [-0.1, -0.05) is 6.07 Å². The van der Waals surface area contributed by atoms with Crippen LogP contribution in [0.2, 0.25) is 0 Å². The molecule has 0 saturated carbocycles. The lowest BCUT2D eigenvalue weighted by Crippen LogP contribution is -2.86. The first-order valence-electron chi connectivity index (χ1n) is 13.4. The molecule has 2 aromatic carbocycles. The van der Waals surface area contributed by atoms with Crippen LogP contribution in [-0.2, 0) is 4.79 Å². The van der Waals surface area contributed by atoms with Crippen LogP contribution < -0.4 is 30.9 Å². The van der Waals surface area contributed by atoms with E-state index in [2.05, 4.69) is 25.6 Å². The zero-order valence-electron chi connectivity index (χ0n) is 23.5. The molecule has 0 unspecified atom stereocenters. The predicted octanol–water partition coefficient (Wildman–Crippen LogP) is 1.48. The third-order valence-electron chi connectivity index (χ3n) is 7.07. The van der Waals surface area contributed by atoms with E-state index in [9.17, 15) is 4.79 Å². The molecule has 1 aliphatic rings. The van der Waals surface area contributed by atoms with Crippen LogP contribution in [0.4, 0.5) is 11.5 Å². The lowest BCUT2D eigenvalue weighted by molar-refractivity contribution is -0.664. The van der Waals surface area contributed by atoms with E-state index in [1.54, 1.807) is 26.4 Å². The number of nitrogen functional groups attached to an aromatic ring is 1. The molecule has 13 heteroatoms. The first-order chi connectivity index (χ1) is 20.3. The van der Waals surface area contributed by atoms with E-state index in [0.29, 0.717) is 28.6 Å². The predicted molar refractivity (Wildman–Crippen MR) is 155 cm³/mol. The smallest absolute Gasteiger partial charge is 0.272 e. The van der Waals surface area contributed by atoms with Crippen LogP contribution in [-0.4, -0.2) is 63.9 Å². The number of aromatic amines is 1. The summed E-state index contributed by atoms with van der Waals surface area (Å²) >= 11 is 0. The Morgan fingerprint density at radius 3 is 2.57 bits per heavy atom. The number of rotatable bonds is 6. The molecule has 1 aliphatic heterocycles. The van der Waals surface area contributed by atoms with Gasteiger partial charge in [-0.25, -0.2) is 14.6 Å². The summed E-state index contributed by atoms with van der Waals surface area (Å²) in [6, 6.07) is 13.2. The molecule has 6 rings (SSSR count). The number of carboxylic acids is 1. The quantitative estimate of drug-likeness (QED) is 0.233. The third-order valence-corrected chi connectivity index (χ3v) is 7.07. The summed E-state index contributed by atoms with van der Waals surface area (Å²) in [4.78, 5) is 33.9. The highest BCUT2D eigenvalue weighted by molar-refractivity contribution is 6.07. The lowest BCUT2D eigenvalue weighted by Gasteiger charge is -2.21. The van der Waals surface area contributed by atoms with Crippen LogP contribution >= 0.6 is 0 Å². The number of anilines is 2. The molecule has 0 radical (unpaired) electrons. The van der Waals surface area contributed by atoms with Crippen molar-refractivity contribution >= 4 is 45.3 Å². The number of nitrogens with one attached hydrogen (secondary N) is 2. The number of H-pyrrole nitrogens is 1. The highest BCUT2D eigenvalue weighted by atomic mass is 16.5. The normalized spacial score (nSPS) is 13.4. The number of methoxy groups -OCH3 is 2. The van der Waals surface area contributed by atoms with E-state index in [1.165, 1.54) is 6.33 Å². The average Bonchev–Trinajstić information content (AvgIpc) is 3.60. The number of piperidine rings is 1. The van der Waals surface area contributed by atoms with Crippen molar-refractivity contribution in [2.24, 2.45) is 0 Å². The van der Waals surface area contributed by atoms with Crippen molar-refractivity contribution in [2.75, 3.05) is 38.4 Å². The van der Waals surface area contributed by atoms with Gasteiger partial charge in [0.2, 0.25) is 0 Å². The Kier molecular flexibility index (Phi) is 8.20. The minimum Gasteiger partial charge on any atom is -0.550 e. The Labute approximate surface area is 241 Å². The number of hydrogen-bond donors (Lipinski definition) is 4. The van der Waals surface area contributed by atoms with Gasteiger partial charge in [-0.3, -0.25) is 4.79 Å². The summed E-state index contributed by atoms with van der Waals surface area (Å²) in [5.41, 5.74) is 10.3. The zero-order chi connectivity index (χ0) is 29.8. The van der Waals surface area contributed by atoms with Gasteiger partial charge in [-0.05, 0) is 43.3 Å². The van der Waals surface area contributed by atoms with Gasteiger partial charge in [0.1, 0.15) is 35.0 Å². The highest BCUT2D eigenvalue weighted by Gasteiger charge is 2.25. The van der Waals surface area contributed by atoms with Crippen LogP contribution in [0, 0.1) is 0 Å². The van der Waals surface area contributed by atoms with E-state index in [4.69, 9.17) is 30.2 Å². The molecule has 0 atom stereocenters.